The Bertz CT molecular complexity index is 51.3. The van der Waals surface area contributed by atoms with E-state index in [9.17, 15) is 0 Å². The molecule has 50 valence electrons. The lowest BCUT2D eigenvalue weighted by atomic mass is 10.4. The maximum atomic E-state index is 8.49. The molecule has 0 aromatic heterocycles. The van der Waals surface area contributed by atoms with Gasteiger partial charge in [-0.2, -0.15) is 0 Å². The third-order valence-corrected chi connectivity index (χ3v) is 1.46. The molecule has 0 aliphatic rings. The van der Waals surface area contributed by atoms with E-state index < -0.39 is 7.58 Å². The van der Waals surface area contributed by atoms with Crippen LogP contribution >= 0.6 is 19.8 Å². The third kappa shape index (κ3) is 6.70. The van der Waals surface area contributed by atoms with Crippen molar-refractivity contribution in [2.75, 3.05) is 6.61 Å². The minimum absolute atomic E-state index is 0.627. The molecule has 0 rings (SSSR count). The van der Waals surface area contributed by atoms with Crippen LogP contribution in [0, 0.1) is 0 Å². The number of rotatable bonds is 4. The van der Waals surface area contributed by atoms with E-state index in [1.807, 2.05) is 0 Å². The fraction of sp³-hybridized carbons (Fsp3) is 1.00. The fourth-order valence-corrected chi connectivity index (χ4v) is 0.828. The Hall–Kier alpha value is 0.700. The minimum atomic E-state index is -1.42. The molecule has 0 aliphatic heterocycles. The summed E-state index contributed by atoms with van der Waals surface area (Å²) in [6.07, 6.45) is 2.09. The molecule has 0 amide bonds. The second-order valence-corrected chi connectivity index (χ2v) is 3.23. The third-order valence-electron chi connectivity index (χ3n) is 0.705. The van der Waals surface area contributed by atoms with Crippen LogP contribution in [-0.2, 0) is 4.52 Å². The highest BCUT2D eigenvalue weighted by Crippen LogP contribution is 2.35. The Labute approximate surface area is 56.3 Å². The Morgan fingerprint density at radius 3 is 2.75 bits per heavy atom. The van der Waals surface area contributed by atoms with Crippen LogP contribution in [0.1, 0.15) is 19.8 Å². The Morgan fingerprint density at radius 2 is 2.38 bits per heavy atom. The first-order chi connectivity index (χ1) is 3.77. The van der Waals surface area contributed by atoms with Crippen molar-refractivity contribution in [1.29, 1.82) is 0 Å². The lowest BCUT2D eigenvalue weighted by molar-refractivity contribution is 0.314. The summed E-state index contributed by atoms with van der Waals surface area (Å²) in [4.78, 5) is 8.49. The molecule has 1 unspecified atom stereocenters. The average Bonchev–Trinajstić information content (AvgIpc) is 1.66. The van der Waals surface area contributed by atoms with Crippen molar-refractivity contribution in [3.05, 3.63) is 0 Å². The van der Waals surface area contributed by atoms with Gasteiger partial charge in [-0.15, -0.1) is 0 Å². The van der Waals surface area contributed by atoms with E-state index in [0.29, 0.717) is 6.61 Å². The van der Waals surface area contributed by atoms with Crippen LogP contribution in [0.15, 0.2) is 0 Å². The molecule has 0 bridgehead atoms. The molecule has 4 heteroatoms. The van der Waals surface area contributed by atoms with Gasteiger partial charge in [0.1, 0.15) is 0 Å². The highest BCUT2D eigenvalue weighted by atomic mass is 32.7. The van der Waals surface area contributed by atoms with Gasteiger partial charge in [0.25, 0.3) is 0 Å². The van der Waals surface area contributed by atoms with Crippen molar-refractivity contribution in [3.63, 3.8) is 0 Å². The zero-order valence-electron chi connectivity index (χ0n) is 4.87. The topological polar surface area (TPSA) is 29.5 Å². The molecule has 0 saturated carbocycles. The second kappa shape index (κ2) is 5.83. The van der Waals surface area contributed by atoms with E-state index in [0.717, 1.165) is 12.8 Å². The van der Waals surface area contributed by atoms with Crippen LogP contribution < -0.4 is 0 Å². The molecule has 1 atom stereocenters. The predicted molar refractivity (Wildman–Crippen MR) is 39.0 cm³/mol. The van der Waals surface area contributed by atoms with Gasteiger partial charge in [-0.05, 0) is 6.42 Å². The minimum Gasteiger partial charge on any atom is -0.342 e. The fourth-order valence-electron chi connectivity index (χ4n) is 0.291. The molecule has 0 aliphatic carbocycles. The lowest BCUT2D eigenvalue weighted by Gasteiger charge is -2.00. The lowest BCUT2D eigenvalue weighted by Crippen LogP contribution is -1.83. The maximum Gasteiger partial charge on any atom is 0.232 e. The van der Waals surface area contributed by atoms with Gasteiger partial charge >= 0.3 is 0 Å². The van der Waals surface area contributed by atoms with E-state index in [1.165, 1.54) is 0 Å². The van der Waals surface area contributed by atoms with Crippen LogP contribution in [0.2, 0.25) is 0 Å². The van der Waals surface area contributed by atoms with Crippen LogP contribution in [0.25, 0.3) is 0 Å². The Balaban J connectivity index is 2.72. The highest BCUT2D eigenvalue weighted by molar-refractivity contribution is 8.41. The Kier molecular flexibility index (Phi) is 6.34. The summed E-state index contributed by atoms with van der Waals surface area (Å²) in [5.41, 5.74) is 0. The number of hydrogen-bond acceptors (Lipinski definition) is 3. The number of thiol groups is 1. The van der Waals surface area contributed by atoms with Crippen LogP contribution in [-0.4, -0.2) is 11.5 Å². The van der Waals surface area contributed by atoms with Gasteiger partial charge in [0.2, 0.25) is 7.58 Å². The Morgan fingerprint density at radius 1 is 1.75 bits per heavy atom. The SMILES string of the molecule is CCCCOP(O)S. The molecule has 2 nitrogen and oxygen atoms in total. The van der Waals surface area contributed by atoms with Crippen molar-refractivity contribution < 1.29 is 9.42 Å². The van der Waals surface area contributed by atoms with Crippen LogP contribution in [0.4, 0.5) is 0 Å². The summed E-state index contributed by atoms with van der Waals surface area (Å²) in [5, 5.41) is 0. The predicted octanol–water partition coefficient (Wildman–Crippen LogP) is 1.95. The first-order valence-corrected chi connectivity index (χ1v) is 4.94. The summed E-state index contributed by atoms with van der Waals surface area (Å²) in [6, 6.07) is 0. The van der Waals surface area contributed by atoms with Gasteiger partial charge in [0.05, 0.1) is 6.61 Å². The summed E-state index contributed by atoms with van der Waals surface area (Å²) < 4.78 is 4.77. The maximum absolute atomic E-state index is 8.49. The van der Waals surface area contributed by atoms with Crippen LogP contribution in [0.3, 0.4) is 0 Å². The smallest absolute Gasteiger partial charge is 0.232 e. The van der Waals surface area contributed by atoms with Gasteiger partial charge in [0.15, 0.2) is 0 Å². The standard InChI is InChI=1S/C4H11O2PS/c1-2-3-4-6-7(5)8/h5,8H,2-4H2,1H3. The molecule has 0 spiro atoms. The van der Waals surface area contributed by atoms with Gasteiger partial charge in [-0.3, -0.25) is 0 Å². The van der Waals surface area contributed by atoms with E-state index in [1.54, 1.807) is 0 Å². The molecule has 0 saturated heterocycles. The summed E-state index contributed by atoms with van der Waals surface area (Å²) in [6.45, 7) is 2.70. The van der Waals surface area contributed by atoms with E-state index in [-0.39, 0.29) is 0 Å². The quantitative estimate of drug-likeness (QED) is 0.368. The summed E-state index contributed by atoms with van der Waals surface area (Å²) in [5.74, 6) is 0. The van der Waals surface area contributed by atoms with Crippen molar-refractivity contribution in [2.24, 2.45) is 0 Å². The van der Waals surface area contributed by atoms with Gasteiger partial charge in [-0.25, -0.2) is 0 Å². The first kappa shape index (κ1) is 8.70. The van der Waals surface area contributed by atoms with Gasteiger partial charge < -0.3 is 9.42 Å². The first-order valence-electron chi connectivity index (χ1n) is 2.58. The molecule has 0 fully saturated rings. The average molecular weight is 154 g/mol. The zero-order valence-corrected chi connectivity index (χ0v) is 6.66. The molecule has 0 heterocycles. The second-order valence-electron chi connectivity index (χ2n) is 1.44. The zero-order chi connectivity index (χ0) is 6.41. The van der Waals surface area contributed by atoms with Crippen LogP contribution in [0.5, 0.6) is 0 Å². The molecule has 8 heavy (non-hydrogen) atoms. The van der Waals surface area contributed by atoms with E-state index >= 15 is 0 Å². The van der Waals surface area contributed by atoms with Gasteiger partial charge in [0, 0.05) is 0 Å². The van der Waals surface area contributed by atoms with E-state index in [2.05, 4.69) is 19.2 Å². The summed E-state index contributed by atoms with van der Waals surface area (Å²) >= 11 is 3.67. The molecular weight excluding hydrogens is 143 g/mol. The van der Waals surface area contributed by atoms with Crippen molar-refractivity contribution in [3.8, 4) is 0 Å². The van der Waals surface area contributed by atoms with E-state index in [4.69, 9.17) is 9.42 Å². The number of hydrogen-bond donors (Lipinski definition) is 2. The summed E-state index contributed by atoms with van der Waals surface area (Å²) in [7, 11) is -1.42. The molecule has 1 N–H and O–H groups in total. The van der Waals surface area contributed by atoms with Crippen molar-refractivity contribution in [2.45, 2.75) is 19.8 Å². The normalized spacial score (nSPS) is 13.9. The molecule has 0 radical (unpaired) electrons. The number of unbranched alkanes of at least 4 members (excludes halogenated alkanes) is 1. The highest BCUT2D eigenvalue weighted by Gasteiger charge is 1.93. The molecular formula is C4H11O2PS. The molecule has 0 aromatic rings. The monoisotopic (exact) mass is 154 g/mol. The van der Waals surface area contributed by atoms with Crippen molar-refractivity contribution in [1.82, 2.24) is 0 Å². The largest absolute Gasteiger partial charge is 0.342 e. The van der Waals surface area contributed by atoms with Crippen molar-refractivity contribution >= 4 is 19.8 Å². The van der Waals surface area contributed by atoms with Gasteiger partial charge in [-0.1, -0.05) is 25.6 Å². The molecule has 0 aromatic carbocycles.